The van der Waals surface area contributed by atoms with Gasteiger partial charge in [0.15, 0.2) is 0 Å². The predicted molar refractivity (Wildman–Crippen MR) is 31.0 cm³/mol. The minimum Gasteiger partial charge on any atom is -0.400 e. The highest BCUT2D eigenvalue weighted by atomic mass is 19.1. The smallest absolute Gasteiger partial charge is 0.149 e. The third-order valence-electron chi connectivity index (χ3n) is 1.52. The molecule has 1 saturated carbocycles. The molecule has 1 aliphatic rings. The lowest BCUT2D eigenvalue weighted by atomic mass is 10.2. The van der Waals surface area contributed by atoms with Crippen LogP contribution in [0.1, 0.15) is 19.8 Å². The Morgan fingerprint density at radius 3 is 2.38 bits per heavy atom. The molecule has 0 saturated heterocycles. The fourth-order valence-electron chi connectivity index (χ4n) is 0.657. The first-order valence-corrected chi connectivity index (χ1v) is 2.80. The Bertz CT molecular complexity index is 124. The van der Waals surface area contributed by atoms with Gasteiger partial charge in [-0.1, -0.05) is 6.08 Å². The van der Waals surface area contributed by atoms with E-state index >= 15 is 0 Å². The van der Waals surface area contributed by atoms with Crippen LogP contribution < -0.4 is 5.73 Å². The van der Waals surface area contributed by atoms with Crippen LogP contribution in [-0.2, 0) is 0 Å². The van der Waals surface area contributed by atoms with Gasteiger partial charge >= 0.3 is 0 Å². The maximum atomic E-state index is 12.7. The molecule has 2 heteroatoms. The average Bonchev–Trinajstić information content (AvgIpc) is 2.47. The molecule has 0 aromatic heterocycles. The Hall–Kier alpha value is -0.530. The maximum Gasteiger partial charge on any atom is 0.149 e. The Morgan fingerprint density at radius 1 is 1.75 bits per heavy atom. The molecule has 8 heavy (non-hydrogen) atoms. The van der Waals surface area contributed by atoms with Crippen molar-refractivity contribution in [1.29, 1.82) is 0 Å². The number of rotatable bonds is 1. The molecule has 0 aliphatic heterocycles. The largest absolute Gasteiger partial charge is 0.400 e. The first kappa shape index (κ1) is 5.60. The van der Waals surface area contributed by atoms with E-state index in [9.17, 15) is 4.39 Å². The zero-order valence-electron chi connectivity index (χ0n) is 4.95. The topological polar surface area (TPSA) is 26.0 Å². The summed E-state index contributed by atoms with van der Waals surface area (Å²) < 4.78 is 12.7. The van der Waals surface area contributed by atoms with Crippen LogP contribution in [0, 0.1) is 0 Å². The molecule has 0 aromatic rings. The first-order chi connectivity index (χ1) is 3.69. The lowest BCUT2D eigenvalue weighted by molar-refractivity contribution is 0.357. The second-order valence-corrected chi connectivity index (χ2v) is 2.21. The Morgan fingerprint density at radius 2 is 2.25 bits per heavy atom. The van der Waals surface area contributed by atoms with Crippen LogP contribution >= 0.6 is 0 Å². The van der Waals surface area contributed by atoms with E-state index < -0.39 is 5.67 Å². The van der Waals surface area contributed by atoms with Gasteiger partial charge < -0.3 is 5.73 Å². The second-order valence-electron chi connectivity index (χ2n) is 2.21. The normalized spacial score (nSPS) is 25.5. The van der Waals surface area contributed by atoms with Gasteiger partial charge in [-0.25, -0.2) is 4.39 Å². The van der Waals surface area contributed by atoms with Gasteiger partial charge in [0.2, 0.25) is 0 Å². The fraction of sp³-hybridized carbons (Fsp3) is 0.667. The molecule has 0 bridgehead atoms. The van der Waals surface area contributed by atoms with Gasteiger partial charge in [-0.15, -0.1) is 0 Å². The van der Waals surface area contributed by atoms with Crippen molar-refractivity contribution in [1.82, 2.24) is 0 Å². The number of hydrogen-bond acceptors (Lipinski definition) is 1. The lowest BCUT2D eigenvalue weighted by Gasteiger charge is -2.01. The average molecular weight is 115 g/mol. The summed E-state index contributed by atoms with van der Waals surface area (Å²) in [6.45, 7) is 1.76. The molecule has 2 N–H and O–H groups in total. The molecule has 0 aromatic carbocycles. The van der Waals surface area contributed by atoms with E-state index in [1.165, 1.54) is 0 Å². The first-order valence-electron chi connectivity index (χ1n) is 2.80. The molecule has 1 rings (SSSR count). The van der Waals surface area contributed by atoms with Crippen molar-refractivity contribution in [3.8, 4) is 0 Å². The molecule has 0 unspecified atom stereocenters. The van der Waals surface area contributed by atoms with E-state index in [4.69, 9.17) is 5.73 Å². The summed E-state index contributed by atoms with van der Waals surface area (Å²) in [5.74, 6) is 0. The zero-order valence-corrected chi connectivity index (χ0v) is 4.95. The quantitative estimate of drug-likeness (QED) is 0.548. The SMILES string of the molecule is C/C=C(\N)C1(F)CC1. The standard InChI is InChI=1S/C6H10FN/c1-2-5(8)6(7)3-4-6/h2H,3-4,8H2,1H3/b5-2-. The highest BCUT2D eigenvalue weighted by molar-refractivity contribution is 5.20. The molecule has 0 radical (unpaired) electrons. The highest BCUT2D eigenvalue weighted by Crippen LogP contribution is 2.43. The van der Waals surface area contributed by atoms with E-state index in [0.717, 1.165) is 0 Å². The van der Waals surface area contributed by atoms with Crippen LogP contribution in [0.5, 0.6) is 0 Å². The van der Waals surface area contributed by atoms with E-state index in [1.54, 1.807) is 13.0 Å². The molecular formula is C6H10FN. The third kappa shape index (κ3) is 0.703. The number of allylic oxidation sites excluding steroid dienone is 2. The minimum absolute atomic E-state index is 0.400. The van der Waals surface area contributed by atoms with Gasteiger partial charge in [0, 0.05) is 5.70 Å². The van der Waals surface area contributed by atoms with Gasteiger partial charge in [0.1, 0.15) is 5.67 Å². The van der Waals surface area contributed by atoms with Gasteiger partial charge in [-0.2, -0.15) is 0 Å². The number of nitrogens with two attached hydrogens (primary N) is 1. The van der Waals surface area contributed by atoms with Gasteiger partial charge in [0.25, 0.3) is 0 Å². The molecular weight excluding hydrogens is 105 g/mol. The molecule has 1 fully saturated rings. The Balaban J connectivity index is 2.59. The van der Waals surface area contributed by atoms with Crippen LogP contribution in [0.2, 0.25) is 0 Å². The summed E-state index contributed by atoms with van der Waals surface area (Å²) in [6, 6.07) is 0. The Kier molecular flexibility index (Phi) is 1.03. The summed E-state index contributed by atoms with van der Waals surface area (Å²) >= 11 is 0. The number of alkyl halides is 1. The van der Waals surface area contributed by atoms with Crippen molar-refractivity contribution in [3.05, 3.63) is 11.8 Å². The zero-order chi connectivity index (χ0) is 6.20. The van der Waals surface area contributed by atoms with E-state index in [1.807, 2.05) is 0 Å². The van der Waals surface area contributed by atoms with Crippen LogP contribution in [0.4, 0.5) is 4.39 Å². The summed E-state index contributed by atoms with van der Waals surface area (Å²) in [4.78, 5) is 0. The molecule has 0 heterocycles. The van der Waals surface area contributed by atoms with Crippen molar-refractivity contribution < 1.29 is 4.39 Å². The van der Waals surface area contributed by atoms with E-state index in [0.29, 0.717) is 18.5 Å². The van der Waals surface area contributed by atoms with Gasteiger partial charge in [-0.3, -0.25) is 0 Å². The van der Waals surface area contributed by atoms with Crippen LogP contribution in [-0.4, -0.2) is 5.67 Å². The fourth-order valence-corrected chi connectivity index (χ4v) is 0.657. The lowest BCUT2D eigenvalue weighted by Crippen LogP contribution is -2.12. The number of hydrogen-bond donors (Lipinski definition) is 1. The van der Waals surface area contributed by atoms with Crippen LogP contribution in [0.3, 0.4) is 0 Å². The van der Waals surface area contributed by atoms with Crippen molar-refractivity contribution >= 4 is 0 Å². The van der Waals surface area contributed by atoms with Crippen molar-refractivity contribution in [2.24, 2.45) is 5.73 Å². The molecule has 1 aliphatic carbocycles. The molecule has 0 amide bonds. The van der Waals surface area contributed by atoms with E-state index in [-0.39, 0.29) is 0 Å². The monoisotopic (exact) mass is 115 g/mol. The summed E-state index contributed by atoms with van der Waals surface area (Å²) in [5.41, 5.74) is 4.60. The Labute approximate surface area is 48.4 Å². The van der Waals surface area contributed by atoms with Crippen molar-refractivity contribution in [2.75, 3.05) is 0 Å². The predicted octanol–water partition coefficient (Wildman–Crippen LogP) is 1.35. The maximum absolute atomic E-state index is 12.7. The summed E-state index contributed by atoms with van der Waals surface area (Å²) in [7, 11) is 0. The molecule has 1 nitrogen and oxygen atoms in total. The summed E-state index contributed by atoms with van der Waals surface area (Å²) in [5, 5.41) is 0. The molecule has 46 valence electrons. The van der Waals surface area contributed by atoms with Crippen LogP contribution in [0.25, 0.3) is 0 Å². The summed E-state index contributed by atoms with van der Waals surface area (Å²) in [6.07, 6.45) is 2.86. The van der Waals surface area contributed by atoms with E-state index in [2.05, 4.69) is 0 Å². The van der Waals surface area contributed by atoms with Crippen LogP contribution in [0.15, 0.2) is 11.8 Å². The van der Waals surface area contributed by atoms with Gasteiger partial charge in [-0.05, 0) is 19.8 Å². The second kappa shape index (κ2) is 1.47. The van der Waals surface area contributed by atoms with Gasteiger partial charge in [0.05, 0.1) is 0 Å². The molecule has 0 atom stereocenters. The van der Waals surface area contributed by atoms with Crippen molar-refractivity contribution in [3.63, 3.8) is 0 Å². The third-order valence-corrected chi connectivity index (χ3v) is 1.52. The highest BCUT2D eigenvalue weighted by Gasteiger charge is 2.45. The number of halogens is 1. The minimum atomic E-state index is -1.10. The molecule has 0 spiro atoms. The van der Waals surface area contributed by atoms with Crippen molar-refractivity contribution in [2.45, 2.75) is 25.4 Å².